The SMILES string of the molecule is Oc1cccc(-c2n[c]n[nH]2)c1. The van der Waals surface area contributed by atoms with Crippen LogP contribution < -0.4 is 0 Å². The van der Waals surface area contributed by atoms with Crippen molar-refractivity contribution in [1.29, 1.82) is 0 Å². The van der Waals surface area contributed by atoms with E-state index in [9.17, 15) is 0 Å². The van der Waals surface area contributed by atoms with Crippen LogP contribution in [-0.2, 0) is 0 Å². The second-order valence-electron chi connectivity index (χ2n) is 2.33. The molecule has 12 heavy (non-hydrogen) atoms. The summed E-state index contributed by atoms with van der Waals surface area (Å²) in [6.45, 7) is 0. The van der Waals surface area contributed by atoms with Crippen molar-refractivity contribution in [2.45, 2.75) is 0 Å². The Hall–Kier alpha value is -1.84. The first-order chi connectivity index (χ1) is 5.86. The fourth-order valence-corrected chi connectivity index (χ4v) is 0.960. The third-order valence-electron chi connectivity index (χ3n) is 1.49. The van der Waals surface area contributed by atoms with E-state index in [0.717, 1.165) is 5.56 Å². The Bertz CT molecular complexity index is 370. The molecule has 1 heterocycles. The third-order valence-corrected chi connectivity index (χ3v) is 1.49. The number of hydrogen-bond acceptors (Lipinski definition) is 3. The standard InChI is InChI=1S/C8H6N3O/c12-7-3-1-2-6(4-7)8-9-5-10-11-8/h1-4,12H,(H,9,10,11). The van der Waals surface area contributed by atoms with Crippen molar-refractivity contribution in [1.82, 2.24) is 15.2 Å². The number of aromatic amines is 1. The number of nitrogens with zero attached hydrogens (tertiary/aromatic N) is 2. The summed E-state index contributed by atoms with van der Waals surface area (Å²) < 4.78 is 0. The number of phenols is 1. The van der Waals surface area contributed by atoms with E-state index in [1.807, 2.05) is 6.07 Å². The lowest BCUT2D eigenvalue weighted by atomic mass is 10.2. The molecule has 0 amide bonds. The minimum Gasteiger partial charge on any atom is -0.508 e. The minimum absolute atomic E-state index is 0.212. The predicted octanol–water partition coefficient (Wildman–Crippen LogP) is 0.977. The van der Waals surface area contributed by atoms with Crippen molar-refractivity contribution < 1.29 is 5.11 Å². The number of rotatable bonds is 1. The van der Waals surface area contributed by atoms with Gasteiger partial charge in [0, 0.05) is 5.56 Å². The summed E-state index contributed by atoms with van der Waals surface area (Å²) in [5, 5.41) is 15.4. The van der Waals surface area contributed by atoms with Gasteiger partial charge in [-0.3, -0.25) is 5.10 Å². The average Bonchev–Trinajstić information content (AvgIpc) is 2.56. The highest BCUT2D eigenvalue weighted by Gasteiger charge is 1.99. The molecule has 0 spiro atoms. The zero-order valence-electron chi connectivity index (χ0n) is 6.15. The van der Waals surface area contributed by atoms with Gasteiger partial charge in [-0.1, -0.05) is 12.1 Å². The van der Waals surface area contributed by atoms with Gasteiger partial charge in [0.25, 0.3) is 0 Å². The summed E-state index contributed by atoms with van der Waals surface area (Å²) in [6.07, 6.45) is 2.41. The van der Waals surface area contributed by atoms with E-state index in [-0.39, 0.29) is 5.75 Å². The molecule has 59 valence electrons. The molecule has 4 nitrogen and oxygen atoms in total. The summed E-state index contributed by atoms with van der Waals surface area (Å²) in [6, 6.07) is 6.78. The van der Waals surface area contributed by atoms with Crippen LogP contribution in [0.4, 0.5) is 0 Å². The molecule has 0 aliphatic carbocycles. The maximum absolute atomic E-state index is 9.14. The summed E-state index contributed by atoms with van der Waals surface area (Å²) in [7, 11) is 0. The topological polar surface area (TPSA) is 61.8 Å². The molecule has 0 fully saturated rings. The molecule has 2 N–H and O–H groups in total. The number of hydrogen-bond donors (Lipinski definition) is 2. The first-order valence-corrected chi connectivity index (χ1v) is 3.44. The van der Waals surface area contributed by atoms with Crippen molar-refractivity contribution >= 4 is 0 Å². The first-order valence-electron chi connectivity index (χ1n) is 3.44. The van der Waals surface area contributed by atoms with E-state index < -0.39 is 0 Å². The van der Waals surface area contributed by atoms with E-state index in [0.29, 0.717) is 5.82 Å². The lowest BCUT2D eigenvalue weighted by Gasteiger charge is -1.95. The molecule has 0 atom stereocenters. The van der Waals surface area contributed by atoms with Crippen LogP contribution in [0.2, 0.25) is 0 Å². The van der Waals surface area contributed by atoms with E-state index in [1.165, 1.54) is 0 Å². The lowest BCUT2D eigenvalue weighted by molar-refractivity contribution is 0.475. The minimum atomic E-state index is 0.212. The molecule has 1 aromatic heterocycles. The normalized spacial score (nSPS) is 10.0. The smallest absolute Gasteiger partial charge is 0.221 e. The van der Waals surface area contributed by atoms with Gasteiger partial charge in [0.2, 0.25) is 6.33 Å². The van der Waals surface area contributed by atoms with Crippen LogP contribution in [0.1, 0.15) is 0 Å². The molecule has 1 aromatic carbocycles. The zero-order chi connectivity index (χ0) is 8.39. The van der Waals surface area contributed by atoms with Crippen molar-refractivity contribution in [3.63, 3.8) is 0 Å². The average molecular weight is 160 g/mol. The van der Waals surface area contributed by atoms with Crippen LogP contribution in [-0.4, -0.2) is 20.3 Å². The maximum atomic E-state index is 9.14. The summed E-state index contributed by atoms with van der Waals surface area (Å²) in [4.78, 5) is 3.82. The highest BCUT2D eigenvalue weighted by molar-refractivity contribution is 5.56. The predicted molar refractivity (Wildman–Crippen MR) is 42.3 cm³/mol. The van der Waals surface area contributed by atoms with Gasteiger partial charge in [-0.05, 0) is 12.1 Å². The Balaban J connectivity index is 2.48. The van der Waals surface area contributed by atoms with E-state index in [4.69, 9.17) is 5.11 Å². The monoisotopic (exact) mass is 160 g/mol. The molecular formula is C8H6N3O. The van der Waals surface area contributed by atoms with Crippen molar-refractivity contribution in [2.75, 3.05) is 0 Å². The van der Waals surface area contributed by atoms with Crippen molar-refractivity contribution in [2.24, 2.45) is 0 Å². The number of phenolic OH excluding ortho intramolecular Hbond substituents is 1. The molecule has 0 unspecified atom stereocenters. The van der Waals surface area contributed by atoms with Crippen molar-refractivity contribution in [3.8, 4) is 17.1 Å². The Morgan fingerprint density at radius 1 is 1.42 bits per heavy atom. The summed E-state index contributed by atoms with van der Waals surface area (Å²) in [5.74, 6) is 0.815. The first kappa shape index (κ1) is 6.84. The van der Waals surface area contributed by atoms with Gasteiger partial charge in [-0.25, -0.2) is 4.98 Å². The van der Waals surface area contributed by atoms with Crippen molar-refractivity contribution in [3.05, 3.63) is 30.6 Å². The molecule has 0 saturated heterocycles. The van der Waals surface area contributed by atoms with Crippen LogP contribution in [0.15, 0.2) is 24.3 Å². The number of benzene rings is 1. The van der Waals surface area contributed by atoms with Gasteiger partial charge in [0.1, 0.15) is 5.75 Å². The number of nitrogens with one attached hydrogen (secondary N) is 1. The lowest BCUT2D eigenvalue weighted by Crippen LogP contribution is -1.79. The van der Waals surface area contributed by atoms with E-state index in [2.05, 4.69) is 21.5 Å². The van der Waals surface area contributed by atoms with E-state index in [1.54, 1.807) is 18.2 Å². The van der Waals surface area contributed by atoms with Gasteiger partial charge < -0.3 is 5.11 Å². The second-order valence-corrected chi connectivity index (χ2v) is 2.33. The molecule has 4 heteroatoms. The van der Waals surface area contributed by atoms with Gasteiger partial charge in [-0.15, -0.1) is 5.10 Å². The fourth-order valence-electron chi connectivity index (χ4n) is 0.960. The van der Waals surface area contributed by atoms with Gasteiger partial charge in [-0.2, -0.15) is 0 Å². The number of H-pyrrole nitrogens is 1. The molecule has 2 rings (SSSR count). The number of aromatic hydroxyl groups is 1. The molecule has 0 aliphatic heterocycles. The van der Waals surface area contributed by atoms with Gasteiger partial charge in [0.05, 0.1) is 0 Å². The number of aromatic nitrogens is 3. The quantitative estimate of drug-likeness (QED) is 0.653. The summed E-state index contributed by atoms with van der Waals surface area (Å²) in [5.41, 5.74) is 0.795. The van der Waals surface area contributed by atoms with Crippen LogP contribution >= 0.6 is 0 Å². The largest absolute Gasteiger partial charge is 0.508 e. The Kier molecular flexibility index (Phi) is 1.51. The molecule has 0 aliphatic rings. The fraction of sp³-hybridized carbons (Fsp3) is 0. The Labute approximate surface area is 68.9 Å². The van der Waals surface area contributed by atoms with Crippen LogP contribution in [0.25, 0.3) is 11.4 Å². The second kappa shape index (κ2) is 2.65. The highest BCUT2D eigenvalue weighted by atomic mass is 16.3. The molecule has 0 saturated carbocycles. The summed E-state index contributed by atoms with van der Waals surface area (Å²) >= 11 is 0. The molecular weight excluding hydrogens is 154 g/mol. The van der Waals surface area contributed by atoms with Crippen LogP contribution in [0, 0.1) is 6.33 Å². The third kappa shape index (κ3) is 1.14. The molecule has 2 aromatic rings. The van der Waals surface area contributed by atoms with Crippen LogP contribution in [0.5, 0.6) is 5.75 Å². The van der Waals surface area contributed by atoms with E-state index >= 15 is 0 Å². The van der Waals surface area contributed by atoms with Gasteiger partial charge >= 0.3 is 0 Å². The highest BCUT2D eigenvalue weighted by Crippen LogP contribution is 2.18. The molecule has 1 radical (unpaired) electrons. The Morgan fingerprint density at radius 3 is 3.00 bits per heavy atom. The maximum Gasteiger partial charge on any atom is 0.221 e. The zero-order valence-corrected chi connectivity index (χ0v) is 6.15. The Morgan fingerprint density at radius 2 is 2.33 bits per heavy atom. The van der Waals surface area contributed by atoms with Gasteiger partial charge in [0.15, 0.2) is 5.82 Å². The van der Waals surface area contributed by atoms with Crippen LogP contribution in [0.3, 0.4) is 0 Å². The molecule has 0 bridgehead atoms.